The summed E-state index contributed by atoms with van der Waals surface area (Å²) < 4.78 is 8.38. The van der Waals surface area contributed by atoms with Gasteiger partial charge in [0.05, 0.1) is 0 Å². The molecule has 0 aromatic heterocycles. The molecule has 48 valence electrons. The minimum atomic E-state index is 0.336. The molecule has 0 unspecified atom stereocenters. The van der Waals surface area contributed by atoms with Crippen LogP contribution in [0.2, 0.25) is 0 Å². The van der Waals surface area contributed by atoms with Crippen LogP contribution in [0, 0.1) is 0 Å². The Labute approximate surface area is 59.6 Å². The quantitative estimate of drug-likeness (QED) is 0.310. The van der Waals surface area contributed by atoms with Crippen molar-refractivity contribution in [2.45, 2.75) is 0 Å². The van der Waals surface area contributed by atoms with Gasteiger partial charge in [0.15, 0.2) is 0 Å². The Kier molecular flexibility index (Phi) is 2.62. The van der Waals surface area contributed by atoms with Crippen molar-refractivity contribution in [3.8, 4) is 0 Å². The van der Waals surface area contributed by atoms with Gasteiger partial charge in [-0.1, -0.05) is 0 Å². The second-order valence-corrected chi connectivity index (χ2v) is 3.80. The zero-order valence-corrected chi connectivity index (χ0v) is 6.94. The van der Waals surface area contributed by atoms with Crippen LogP contribution in [0.25, 0.3) is 0 Å². The summed E-state index contributed by atoms with van der Waals surface area (Å²) in [6.45, 7) is 0.764. The molecule has 3 heteroatoms. The molecule has 0 radical (unpaired) electrons. The molecule has 0 aromatic rings. The number of nitrogens with one attached hydrogen (secondary N) is 1. The third kappa shape index (κ3) is 1.63. The standard InChI is InChI=1S/C5H9INO/c1-8-3-5-2-6-4-7-5/h2,7H,3-4H2,1H3/q-1. The average Bonchev–Trinajstić information content (AvgIpc) is 2.19. The van der Waals surface area contributed by atoms with Gasteiger partial charge in [0.1, 0.15) is 0 Å². The maximum absolute atomic E-state index is 4.91. The zero-order chi connectivity index (χ0) is 5.82. The van der Waals surface area contributed by atoms with E-state index in [-0.39, 0.29) is 0 Å². The van der Waals surface area contributed by atoms with Crippen LogP contribution >= 0.6 is 0 Å². The van der Waals surface area contributed by atoms with Gasteiger partial charge >= 0.3 is 59.3 Å². The molecule has 0 saturated heterocycles. The van der Waals surface area contributed by atoms with Crippen molar-refractivity contribution in [3.05, 3.63) is 9.78 Å². The van der Waals surface area contributed by atoms with Gasteiger partial charge in [-0.05, 0) is 0 Å². The Morgan fingerprint density at radius 2 is 2.88 bits per heavy atom. The molecule has 1 heterocycles. The molecule has 1 rings (SSSR count). The zero-order valence-electron chi connectivity index (χ0n) is 4.78. The van der Waals surface area contributed by atoms with Crippen LogP contribution in [-0.4, -0.2) is 18.3 Å². The monoisotopic (exact) mass is 226 g/mol. The van der Waals surface area contributed by atoms with E-state index in [1.54, 1.807) is 7.11 Å². The van der Waals surface area contributed by atoms with E-state index < -0.39 is 0 Å². The Morgan fingerprint density at radius 3 is 3.38 bits per heavy atom. The fourth-order valence-electron chi connectivity index (χ4n) is 0.533. The van der Waals surface area contributed by atoms with E-state index in [0.29, 0.717) is 21.2 Å². The first-order chi connectivity index (χ1) is 3.93. The van der Waals surface area contributed by atoms with Crippen LogP contribution in [0.4, 0.5) is 0 Å². The molecule has 1 N–H and O–H groups in total. The fraction of sp³-hybridized carbons (Fsp3) is 0.600. The van der Waals surface area contributed by atoms with Gasteiger partial charge in [0.2, 0.25) is 0 Å². The van der Waals surface area contributed by atoms with E-state index in [4.69, 9.17) is 4.74 Å². The molecule has 0 aliphatic carbocycles. The average molecular weight is 226 g/mol. The van der Waals surface area contributed by atoms with Gasteiger partial charge in [-0.25, -0.2) is 0 Å². The summed E-state index contributed by atoms with van der Waals surface area (Å²) >= 11 is 0.336. The Morgan fingerprint density at radius 1 is 2.00 bits per heavy atom. The molecular formula is C5H9INO-. The Balaban J connectivity index is 2.23. The van der Waals surface area contributed by atoms with E-state index in [9.17, 15) is 0 Å². The molecule has 0 bridgehead atoms. The first-order valence-electron chi connectivity index (χ1n) is 2.43. The van der Waals surface area contributed by atoms with Crippen molar-refractivity contribution in [1.29, 1.82) is 0 Å². The molecular weight excluding hydrogens is 217 g/mol. The Bertz CT molecular complexity index is 103. The van der Waals surface area contributed by atoms with Crippen molar-refractivity contribution in [1.82, 2.24) is 5.32 Å². The van der Waals surface area contributed by atoms with Crippen molar-refractivity contribution in [2.24, 2.45) is 0 Å². The van der Waals surface area contributed by atoms with Crippen LogP contribution in [0.3, 0.4) is 0 Å². The normalized spacial score (nSPS) is 18.9. The maximum atomic E-state index is 4.91. The molecule has 0 aromatic carbocycles. The number of hydrogen-bond acceptors (Lipinski definition) is 2. The number of alkyl halides is 1. The first-order valence-corrected chi connectivity index (χ1v) is 5.20. The van der Waals surface area contributed by atoms with Crippen LogP contribution in [0.15, 0.2) is 9.78 Å². The molecule has 8 heavy (non-hydrogen) atoms. The minimum absolute atomic E-state index is 0.336. The SMILES string of the molecule is COCC1=C[I-]CN1. The summed E-state index contributed by atoms with van der Waals surface area (Å²) in [5, 5.41) is 3.24. The summed E-state index contributed by atoms with van der Waals surface area (Å²) in [5.41, 5.74) is 1.28. The summed E-state index contributed by atoms with van der Waals surface area (Å²) in [5.74, 6) is 0. The summed E-state index contributed by atoms with van der Waals surface area (Å²) in [7, 11) is 1.72. The summed E-state index contributed by atoms with van der Waals surface area (Å²) in [6, 6.07) is 0. The van der Waals surface area contributed by atoms with Gasteiger partial charge in [0.25, 0.3) is 0 Å². The number of methoxy groups -OCH3 is 1. The second kappa shape index (κ2) is 3.29. The van der Waals surface area contributed by atoms with E-state index in [1.165, 1.54) is 10.2 Å². The van der Waals surface area contributed by atoms with Crippen LogP contribution in [-0.2, 0) is 4.74 Å². The van der Waals surface area contributed by atoms with Crippen LogP contribution < -0.4 is 26.5 Å². The molecule has 0 saturated carbocycles. The predicted molar refractivity (Wildman–Crippen MR) is 28.0 cm³/mol. The fourth-order valence-corrected chi connectivity index (χ4v) is 2.39. The van der Waals surface area contributed by atoms with Gasteiger partial charge in [0, 0.05) is 0 Å². The third-order valence-electron chi connectivity index (χ3n) is 0.880. The van der Waals surface area contributed by atoms with Gasteiger partial charge in [-0.3, -0.25) is 0 Å². The van der Waals surface area contributed by atoms with Gasteiger partial charge in [-0.2, -0.15) is 0 Å². The number of halogens is 1. The Hall–Kier alpha value is 0.230. The predicted octanol–water partition coefficient (Wildman–Crippen LogP) is -2.88. The van der Waals surface area contributed by atoms with Crippen molar-refractivity contribution in [3.63, 3.8) is 0 Å². The van der Waals surface area contributed by atoms with Crippen molar-refractivity contribution < 1.29 is 25.9 Å². The van der Waals surface area contributed by atoms with E-state index in [0.717, 1.165) is 6.61 Å². The number of rotatable bonds is 2. The summed E-state index contributed by atoms with van der Waals surface area (Å²) in [4.78, 5) is 0. The van der Waals surface area contributed by atoms with Gasteiger partial charge in [-0.15, -0.1) is 0 Å². The van der Waals surface area contributed by atoms with E-state index >= 15 is 0 Å². The topological polar surface area (TPSA) is 21.3 Å². The molecule has 1 aliphatic heterocycles. The first kappa shape index (κ1) is 6.35. The molecule has 0 amide bonds. The second-order valence-electron chi connectivity index (χ2n) is 1.53. The van der Waals surface area contributed by atoms with E-state index in [2.05, 4.69) is 9.40 Å². The van der Waals surface area contributed by atoms with Crippen molar-refractivity contribution >= 4 is 0 Å². The van der Waals surface area contributed by atoms with Crippen molar-refractivity contribution in [2.75, 3.05) is 18.3 Å². The van der Waals surface area contributed by atoms with Crippen LogP contribution in [0.5, 0.6) is 0 Å². The number of hydrogen-bond donors (Lipinski definition) is 1. The number of ether oxygens (including phenoxy) is 1. The molecule has 0 atom stereocenters. The summed E-state index contributed by atoms with van der Waals surface area (Å²) in [6.07, 6.45) is 0. The molecule has 1 aliphatic rings. The molecule has 2 nitrogen and oxygen atoms in total. The third-order valence-corrected chi connectivity index (χ3v) is 2.89. The molecule has 0 spiro atoms. The molecule has 0 fully saturated rings. The van der Waals surface area contributed by atoms with Crippen LogP contribution in [0.1, 0.15) is 0 Å². The van der Waals surface area contributed by atoms with E-state index in [1.807, 2.05) is 0 Å². The van der Waals surface area contributed by atoms with Gasteiger partial charge < -0.3 is 0 Å².